The molecule has 0 amide bonds. The van der Waals surface area contributed by atoms with Crippen molar-refractivity contribution < 1.29 is 14.3 Å². The third-order valence-electron chi connectivity index (χ3n) is 2.32. The van der Waals surface area contributed by atoms with Gasteiger partial charge in [0.1, 0.15) is 11.6 Å². The maximum atomic E-state index is 11.6. The number of rotatable bonds is 5. The maximum absolute atomic E-state index is 11.6. The van der Waals surface area contributed by atoms with Crippen LogP contribution in [0.3, 0.4) is 0 Å². The smallest absolute Gasteiger partial charge is 0.338 e. The lowest BCUT2D eigenvalue weighted by atomic mass is 10.2. The summed E-state index contributed by atoms with van der Waals surface area (Å²) in [6.45, 7) is 4.10. The highest BCUT2D eigenvalue weighted by Crippen LogP contribution is 2.24. The fraction of sp³-hybridized carbons (Fsp3) is 0.308. The average Bonchev–Trinajstić information content (AvgIpc) is 2.87. The van der Waals surface area contributed by atoms with Crippen LogP contribution in [0.1, 0.15) is 30.0 Å². The fourth-order valence-electron chi connectivity index (χ4n) is 1.42. The SMILES string of the molecule is CCOC(=O)c1cccc(Oc2nc(CC)ns2)c1. The molecule has 1 heterocycles. The highest BCUT2D eigenvalue weighted by molar-refractivity contribution is 7.07. The van der Waals surface area contributed by atoms with E-state index in [-0.39, 0.29) is 5.97 Å². The highest BCUT2D eigenvalue weighted by Gasteiger charge is 2.09. The van der Waals surface area contributed by atoms with Crippen LogP contribution in [0, 0.1) is 0 Å². The van der Waals surface area contributed by atoms with Crippen molar-refractivity contribution in [2.45, 2.75) is 20.3 Å². The summed E-state index contributed by atoms with van der Waals surface area (Å²) in [6, 6.07) is 6.81. The predicted molar refractivity (Wildman–Crippen MR) is 71.8 cm³/mol. The molecule has 0 fully saturated rings. The summed E-state index contributed by atoms with van der Waals surface area (Å²) in [6.07, 6.45) is 0.767. The molecule has 0 aliphatic heterocycles. The van der Waals surface area contributed by atoms with E-state index < -0.39 is 0 Å². The first kappa shape index (κ1) is 13.5. The molecule has 6 heteroatoms. The van der Waals surface area contributed by atoms with E-state index in [1.807, 2.05) is 6.92 Å². The van der Waals surface area contributed by atoms with Crippen LogP contribution < -0.4 is 4.74 Å². The Morgan fingerprint density at radius 1 is 1.37 bits per heavy atom. The van der Waals surface area contributed by atoms with Gasteiger partial charge in [0.05, 0.1) is 12.2 Å². The minimum Gasteiger partial charge on any atom is -0.462 e. The number of aryl methyl sites for hydroxylation is 1. The first-order valence-electron chi connectivity index (χ1n) is 6.00. The third kappa shape index (κ3) is 3.51. The van der Waals surface area contributed by atoms with Gasteiger partial charge in [0, 0.05) is 18.0 Å². The van der Waals surface area contributed by atoms with Gasteiger partial charge in [-0.2, -0.15) is 9.36 Å². The van der Waals surface area contributed by atoms with Crippen LogP contribution in [0.5, 0.6) is 10.9 Å². The summed E-state index contributed by atoms with van der Waals surface area (Å²) in [4.78, 5) is 15.8. The average molecular weight is 278 g/mol. The van der Waals surface area contributed by atoms with E-state index in [1.54, 1.807) is 31.2 Å². The minimum absolute atomic E-state index is 0.347. The van der Waals surface area contributed by atoms with Crippen molar-refractivity contribution in [3.05, 3.63) is 35.7 Å². The van der Waals surface area contributed by atoms with Crippen LogP contribution in [0.25, 0.3) is 0 Å². The lowest BCUT2D eigenvalue weighted by molar-refractivity contribution is 0.0526. The Morgan fingerprint density at radius 3 is 2.89 bits per heavy atom. The van der Waals surface area contributed by atoms with Gasteiger partial charge >= 0.3 is 5.97 Å². The van der Waals surface area contributed by atoms with Crippen LogP contribution in [-0.4, -0.2) is 21.9 Å². The van der Waals surface area contributed by atoms with Gasteiger partial charge < -0.3 is 9.47 Å². The molecule has 0 aliphatic carbocycles. The number of carbonyl (C=O) groups excluding carboxylic acids is 1. The molecule has 2 aromatic rings. The maximum Gasteiger partial charge on any atom is 0.338 e. The Kier molecular flexibility index (Phi) is 4.46. The quantitative estimate of drug-likeness (QED) is 0.786. The summed E-state index contributed by atoms with van der Waals surface area (Å²) in [7, 11) is 0. The zero-order valence-corrected chi connectivity index (χ0v) is 11.6. The fourth-order valence-corrected chi connectivity index (χ4v) is 2.06. The van der Waals surface area contributed by atoms with Gasteiger partial charge in [-0.15, -0.1) is 0 Å². The lowest BCUT2D eigenvalue weighted by Gasteiger charge is -2.04. The summed E-state index contributed by atoms with van der Waals surface area (Å²) < 4.78 is 14.6. The van der Waals surface area contributed by atoms with Gasteiger partial charge in [-0.25, -0.2) is 4.79 Å². The van der Waals surface area contributed by atoms with Gasteiger partial charge in [-0.05, 0) is 25.1 Å². The van der Waals surface area contributed by atoms with Gasteiger partial charge in [0.2, 0.25) is 0 Å². The predicted octanol–water partition coefficient (Wildman–Crippen LogP) is 3.07. The second kappa shape index (κ2) is 6.29. The van der Waals surface area contributed by atoms with Crippen molar-refractivity contribution >= 4 is 17.5 Å². The molecule has 0 atom stereocenters. The van der Waals surface area contributed by atoms with Crippen LogP contribution in [-0.2, 0) is 11.2 Å². The number of aromatic nitrogens is 2. The van der Waals surface area contributed by atoms with Gasteiger partial charge in [0.25, 0.3) is 5.19 Å². The molecule has 0 spiro atoms. The Hall–Kier alpha value is -1.95. The summed E-state index contributed by atoms with van der Waals surface area (Å²) in [5, 5.41) is 0.470. The van der Waals surface area contributed by atoms with Crippen LogP contribution in [0.4, 0.5) is 0 Å². The molecule has 5 nitrogen and oxygen atoms in total. The summed E-state index contributed by atoms with van der Waals surface area (Å²) in [5.41, 5.74) is 0.458. The first-order chi connectivity index (χ1) is 9.22. The van der Waals surface area contributed by atoms with E-state index in [0.717, 1.165) is 12.2 Å². The molecule has 0 saturated carbocycles. The van der Waals surface area contributed by atoms with E-state index in [0.29, 0.717) is 23.1 Å². The number of carbonyl (C=O) groups is 1. The lowest BCUT2D eigenvalue weighted by Crippen LogP contribution is -2.04. The van der Waals surface area contributed by atoms with Gasteiger partial charge in [-0.1, -0.05) is 13.0 Å². The van der Waals surface area contributed by atoms with Gasteiger partial charge in [0.15, 0.2) is 0 Å². The number of ether oxygens (including phenoxy) is 2. The van der Waals surface area contributed by atoms with Crippen molar-refractivity contribution in [3.8, 4) is 10.9 Å². The molecule has 1 aromatic carbocycles. The summed E-state index contributed by atoms with van der Waals surface area (Å²) in [5.74, 6) is 0.936. The van der Waals surface area contributed by atoms with Crippen molar-refractivity contribution in [2.24, 2.45) is 0 Å². The van der Waals surface area contributed by atoms with Crippen molar-refractivity contribution in [1.82, 2.24) is 9.36 Å². The van der Waals surface area contributed by atoms with E-state index in [4.69, 9.17) is 9.47 Å². The summed E-state index contributed by atoms with van der Waals surface area (Å²) >= 11 is 1.19. The zero-order chi connectivity index (χ0) is 13.7. The Bertz CT molecular complexity index is 569. The molecule has 0 unspecified atom stereocenters. The molecule has 1 aromatic heterocycles. The molecule has 19 heavy (non-hydrogen) atoms. The molecule has 0 N–H and O–H groups in total. The Labute approximate surface area is 115 Å². The third-order valence-corrected chi connectivity index (χ3v) is 2.95. The second-order valence-corrected chi connectivity index (χ2v) is 4.39. The number of benzene rings is 1. The Morgan fingerprint density at radius 2 is 2.21 bits per heavy atom. The largest absolute Gasteiger partial charge is 0.462 e. The van der Waals surface area contributed by atoms with Gasteiger partial charge in [-0.3, -0.25) is 0 Å². The van der Waals surface area contributed by atoms with Crippen molar-refractivity contribution in [3.63, 3.8) is 0 Å². The van der Waals surface area contributed by atoms with E-state index in [2.05, 4.69) is 9.36 Å². The molecular formula is C13H14N2O3S. The topological polar surface area (TPSA) is 61.3 Å². The zero-order valence-electron chi connectivity index (χ0n) is 10.8. The van der Waals surface area contributed by atoms with Crippen LogP contribution in [0.15, 0.2) is 24.3 Å². The van der Waals surface area contributed by atoms with E-state index >= 15 is 0 Å². The number of esters is 1. The molecular weight excluding hydrogens is 264 g/mol. The number of nitrogens with zero attached hydrogens (tertiary/aromatic N) is 2. The molecule has 2 rings (SSSR count). The van der Waals surface area contributed by atoms with Crippen LogP contribution >= 0.6 is 11.5 Å². The van der Waals surface area contributed by atoms with Crippen LogP contribution in [0.2, 0.25) is 0 Å². The highest BCUT2D eigenvalue weighted by atomic mass is 32.1. The molecule has 0 bridgehead atoms. The van der Waals surface area contributed by atoms with Crippen molar-refractivity contribution in [1.29, 1.82) is 0 Å². The second-order valence-electron chi connectivity index (χ2n) is 3.68. The number of hydrogen-bond donors (Lipinski definition) is 0. The first-order valence-corrected chi connectivity index (χ1v) is 6.78. The van der Waals surface area contributed by atoms with E-state index in [9.17, 15) is 4.79 Å². The molecule has 0 radical (unpaired) electrons. The monoisotopic (exact) mass is 278 g/mol. The molecule has 0 saturated heterocycles. The van der Waals surface area contributed by atoms with E-state index in [1.165, 1.54) is 11.5 Å². The number of hydrogen-bond acceptors (Lipinski definition) is 6. The molecule has 100 valence electrons. The molecule has 0 aliphatic rings. The minimum atomic E-state index is -0.362. The standard InChI is InChI=1S/C13H14N2O3S/c1-3-11-14-13(19-15-11)18-10-7-5-6-9(8-10)12(16)17-4-2/h5-8H,3-4H2,1-2H3. The normalized spacial score (nSPS) is 10.2. The van der Waals surface area contributed by atoms with Crippen molar-refractivity contribution in [2.75, 3.05) is 6.61 Å². The Balaban J connectivity index is 2.12.